The Labute approximate surface area is 774 Å². The molecule has 5 aromatic heterocycles. The second-order valence-corrected chi connectivity index (χ2v) is 35.6. The van der Waals surface area contributed by atoms with Crippen molar-refractivity contribution in [2.75, 3.05) is 9.80 Å². The smallest absolute Gasteiger partial charge is 0.252 e. The summed E-state index contributed by atoms with van der Waals surface area (Å²) in [6.45, 7) is -0.413. The van der Waals surface area contributed by atoms with Crippen molar-refractivity contribution in [3.05, 3.63) is 485 Å². The maximum absolute atomic E-state index is 2.76. The van der Waals surface area contributed by atoms with Gasteiger partial charge < -0.3 is 32.6 Å². The minimum Gasteiger partial charge on any atom is -0.310 e. The summed E-state index contributed by atoms with van der Waals surface area (Å²) in [4.78, 5) is 5.53. The maximum atomic E-state index is 2.76. The van der Waals surface area contributed by atoms with E-state index in [2.05, 4.69) is 518 Å². The van der Waals surface area contributed by atoms with Gasteiger partial charge in [-0.1, -0.05) is 376 Å². The Morgan fingerprint density at radius 2 is 0.381 bits per heavy atom. The van der Waals surface area contributed by atoms with Gasteiger partial charge in [0.1, 0.15) is 0 Å². The Kier molecular flexibility index (Phi) is 16.8. The van der Waals surface area contributed by atoms with E-state index in [0.29, 0.717) is 0 Å². The monoisotopic (exact) mass is 1700 g/mol. The second-order valence-electron chi connectivity index (χ2n) is 35.6. The predicted molar refractivity (Wildman–Crippen MR) is 565 cm³/mol. The molecule has 134 heavy (non-hydrogen) atoms. The number of anilines is 6. The Bertz CT molecular complexity index is 8450. The summed E-state index contributed by atoms with van der Waals surface area (Å²) in [5.41, 5.74) is 39.5. The van der Waals surface area contributed by atoms with Crippen molar-refractivity contribution in [3.63, 3.8) is 0 Å². The lowest BCUT2D eigenvalue weighted by Crippen LogP contribution is -2.61. The second kappa shape index (κ2) is 29.9. The molecule has 28 rings (SSSR count). The number of para-hydroxylation sites is 16. The first kappa shape index (κ1) is 75.3. The fraction of sp³-hybridized carbons (Fsp3) is 0. The van der Waals surface area contributed by atoms with Gasteiger partial charge >= 0.3 is 0 Å². The molecule has 8 heteroatoms. The van der Waals surface area contributed by atoms with Crippen molar-refractivity contribution >= 4 is 166 Å². The van der Waals surface area contributed by atoms with Gasteiger partial charge in [0.05, 0.1) is 72.2 Å². The fourth-order valence-corrected chi connectivity index (χ4v) is 23.2. The zero-order chi connectivity index (χ0) is 87.7. The molecule has 21 aromatic carbocycles. The zero-order valence-electron chi connectivity index (χ0n) is 72.9. The summed E-state index contributed by atoms with van der Waals surface area (Å²) in [5.74, 6) is 0. The van der Waals surface area contributed by atoms with E-state index in [1.807, 2.05) is 0 Å². The molecular formula is C126H80BN7. The Morgan fingerprint density at radius 1 is 0.149 bits per heavy atom. The highest BCUT2D eigenvalue weighted by atomic mass is 15.2. The first-order chi connectivity index (χ1) is 66.6. The molecule has 0 spiro atoms. The number of rotatable bonds is 13. The molecule has 0 atom stereocenters. The molecule has 0 aliphatic carbocycles. The lowest BCUT2D eigenvalue weighted by Gasteiger charge is -2.46. The van der Waals surface area contributed by atoms with Gasteiger partial charge in [-0.05, 0) is 148 Å². The van der Waals surface area contributed by atoms with Gasteiger partial charge in [-0.15, -0.1) is 0 Å². The standard InChI is InChI=1S/C126H80BN7/c1-7-37-81(38-8-1)83-73-75-116-108(77-83)127-109-78-84(82-39-9-2-10-40-82)74-76-117(109)134(126-106(102-61-33-57-98-94-53-23-29-71-114(94)131(123(98)102)87-45-15-5-16-46-87)65-36-66-107(126)103-62-34-58-99-95-54-24-30-72-115(95)132(124(99)103)88-47-17-6-18-48-88)119-80-89(128-110-67-25-19-49-90(110)91-50-20-26-68-111(91)128)79-118(120(119)127)133(116)125-104(100-59-31-55-96-92-51-21-27-69-112(92)129(121(96)100)85-41-11-3-12-42-85)63-35-64-105(125)101-60-32-56-97-93-52-22-28-70-113(93)130(122(97)101)86-43-13-4-14-44-86/h1-80H. The van der Waals surface area contributed by atoms with Crippen LogP contribution in [0.15, 0.2) is 485 Å². The van der Waals surface area contributed by atoms with Crippen molar-refractivity contribution in [2.24, 2.45) is 0 Å². The number of nitrogens with zero attached hydrogens (tertiary/aromatic N) is 7. The minimum absolute atomic E-state index is 0.413. The summed E-state index contributed by atoms with van der Waals surface area (Å²) in [7, 11) is 0. The van der Waals surface area contributed by atoms with Crippen molar-refractivity contribution < 1.29 is 0 Å². The molecule has 0 fully saturated rings. The molecule has 0 bridgehead atoms. The molecule has 0 saturated heterocycles. The largest absolute Gasteiger partial charge is 0.310 e. The number of hydrogen-bond acceptors (Lipinski definition) is 2. The third-order valence-corrected chi connectivity index (χ3v) is 28.6. The molecule has 0 amide bonds. The predicted octanol–water partition coefficient (Wildman–Crippen LogP) is 31.3. The van der Waals surface area contributed by atoms with Crippen LogP contribution in [0.1, 0.15) is 0 Å². The van der Waals surface area contributed by atoms with Crippen molar-refractivity contribution in [1.82, 2.24) is 22.8 Å². The first-order valence-corrected chi connectivity index (χ1v) is 46.3. The van der Waals surface area contributed by atoms with E-state index in [1.165, 1.54) is 43.2 Å². The van der Waals surface area contributed by atoms with E-state index in [-0.39, 0.29) is 0 Å². The average Bonchev–Trinajstić information content (AvgIpc) is 1.45. The number of hydrogen-bond donors (Lipinski definition) is 0. The van der Waals surface area contributed by atoms with Crippen molar-refractivity contribution in [3.8, 4) is 95.2 Å². The quantitative estimate of drug-likeness (QED) is 0.108. The van der Waals surface area contributed by atoms with Crippen LogP contribution in [-0.4, -0.2) is 29.5 Å². The van der Waals surface area contributed by atoms with E-state index < -0.39 is 6.71 Å². The summed E-state index contributed by atoms with van der Waals surface area (Å²) < 4.78 is 12.7. The highest BCUT2D eigenvalue weighted by Gasteiger charge is 2.47. The summed E-state index contributed by atoms with van der Waals surface area (Å²) in [5, 5.41) is 11.7. The van der Waals surface area contributed by atoms with Crippen LogP contribution < -0.4 is 26.2 Å². The number of benzene rings is 21. The third kappa shape index (κ3) is 11.2. The van der Waals surface area contributed by atoms with Gasteiger partial charge in [0.25, 0.3) is 6.71 Å². The Balaban J connectivity index is 0.847. The van der Waals surface area contributed by atoms with Gasteiger partial charge in [-0.2, -0.15) is 0 Å². The molecule has 622 valence electrons. The van der Waals surface area contributed by atoms with Crippen LogP contribution >= 0.6 is 0 Å². The van der Waals surface area contributed by atoms with Crippen LogP contribution in [-0.2, 0) is 0 Å². The highest BCUT2D eigenvalue weighted by Crippen LogP contribution is 2.58. The van der Waals surface area contributed by atoms with Crippen LogP contribution in [0.25, 0.3) is 204 Å². The molecule has 0 saturated carbocycles. The van der Waals surface area contributed by atoms with Crippen LogP contribution in [0.2, 0.25) is 0 Å². The van der Waals surface area contributed by atoms with Crippen molar-refractivity contribution in [2.45, 2.75) is 0 Å². The minimum atomic E-state index is -0.413. The SMILES string of the molecule is c1ccc(-c2ccc3c(c2)B2c4cc(-c5ccccc5)ccc4N(c4c(-c5cccc6c7ccccc7n(-c7ccccc7)c56)cccc4-c4cccc5c6ccccc6n(-c6ccccc6)c45)c4cc(-n5c6ccccc6c6ccccc65)cc(c42)N3c2c(-c3cccc4c5ccccc5n(-c5ccccc5)c34)cccc2-c2cccc3c4ccccc4n(-c4ccccc4)c23)cc1. The number of fused-ring (bicyclic) bond motifs is 19. The summed E-state index contributed by atoms with van der Waals surface area (Å²) >= 11 is 0. The average molecular weight is 1700 g/mol. The maximum Gasteiger partial charge on any atom is 0.252 e. The zero-order valence-corrected chi connectivity index (χ0v) is 72.9. The molecule has 0 radical (unpaired) electrons. The molecule has 7 nitrogen and oxygen atoms in total. The highest BCUT2D eigenvalue weighted by molar-refractivity contribution is 7.00. The van der Waals surface area contributed by atoms with E-state index >= 15 is 0 Å². The Hall–Kier alpha value is -17.7. The van der Waals surface area contributed by atoms with E-state index in [9.17, 15) is 0 Å². The molecule has 0 N–H and O–H groups in total. The van der Waals surface area contributed by atoms with Gasteiger partial charge in [0, 0.05) is 144 Å². The van der Waals surface area contributed by atoms with E-state index in [4.69, 9.17) is 0 Å². The molecule has 26 aromatic rings. The summed E-state index contributed by atoms with van der Waals surface area (Å²) in [6, 6.07) is 183. The summed E-state index contributed by atoms with van der Waals surface area (Å²) in [6.07, 6.45) is 0. The van der Waals surface area contributed by atoms with Crippen molar-refractivity contribution in [1.29, 1.82) is 0 Å². The Morgan fingerprint density at radius 3 is 0.672 bits per heavy atom. The third-order valence-electron chi connectivity index (χ3n) is 28.6. The topological polar surface area (TPSA) is 31.1 Å². The molecule has 2 aliphatic rings. The van der Waals surface area contributed by atoms with Gasteiger partial charge in [-0.25, -0.2) is 0 Å². The fourth-order valence-electron chi connectivity index (χ4n) is 23.2. The molecule has 2 aliphatic heterocycles. The lowest BCUT2D eigenvalue weighted by atomic mass is 9.33. The molecular weight excluding hydrogens is 1620 g/mol. The van der Waals surface area contributed by atoms with Gasteiger partial charge in [0.15, 0.2) is 0 Å². The van der Waals surface area contributed by atoms with Crippen LogP contribution in [0.5, 0.6) is 0 Å². The van der Waals surface area contributed by atoms with Crippen LogP contribution in [0.4, 0.5) is 34.1 Å². The molecule has 7 heterocycles. The van der Waals surface area contributed by atoms with Crippen LogP contribution in [0.3, 0.4) is 0 Å². The van der Waals surface area contributed by atoms with E-state index in [1.54, 1.807) is 0 Å². The normalized spacial score (nSPS) is 12.4. The van der Waals surface area contributed by atoms with Gasteiger partial charge in [-0.3, -0.25) is 0 Å². The molecule has 0 unspecified atom stereocenters. The number of aromatic nitrogens is 5. The van der Waals surface area contributed by atoms with E-state index in [0.717, 1.165) is 211 Å². The van der Waals surface area contributed by atoms with Gasteiger partial charge in [0.2, 0.25) is 0 Å². The lowest BCUT2D eigenvalue weighted by molar-refractivity contribution is 1.16. The van der Waals surface area contributed by atoms with Crippen LogP contribution in [0, 0.1) is 0 Å². The first-order valence-electron chi connectivity index (χ1n) is 46.3.